The highest BCUT2D eigenvalue weighted by atomic mass is 35.5. The van der Waals surface area contributed by atoms with E-state index in [4.69, 9.17) is 22.1 Å². The van der Waals surface area contributed by atoms with Gasteiger partial charge < -0.3 is 25.7 Å². The van der Waals surface area contributed by atoms with E-state index in [-0.39, 0.29) is 17.6 Å². The van der Waals surface area contributed by atoms with Crippen molar-refractivity contribution in [2.75, 3.05) is 23.4 Å². The summed E-state index contributed by atoms with van der Waals surface area (Å²) >= 11 is 6.18. The van der Waals surface area contributed by atoms with Gasteiger partial charge in [-0.2, -0.15) is 0 Å². The van der Waals surface area contributed by atoms with Crippen molar-refractivity contribution >= 4 is 56.6 Å². The first kappa shape index (κ1) is 24.6. The maximum atomic E-state index is 13.4. The largest absolute Gasteiger partial charge is 0.380 e. The molecule has 2 aromatic heterocycles. The fourth-order valence-corrected chi connectivity index (χ4v) is 6.13. The third-order valence-corrected chi connectivity index (χ3v) is 8.16. The number of carbonyl (C=O) groups is 2. The number of nitrogens with two attached hydrogens (primary N) is 1. The Hall–Kier alpha value is -4.40. The van der Waals surface area contributed by atoms with Crippen molar-refractivity contribution in [1.82, 2.24) is 9.97 Å². The van der Waals surface area contributed by atoms with Crippen LogP contribution in [0.4, 0.5) is 11.4 Å². The van der Waals surface area contributed by atoms with Gasteiger partial charge in [-0.1, -0.05) is 35.9 Å². The number of carbonyl (C=O) groups excluding carboxylic acids is 2. The maximum Gasteiger partial charge on any atom is 0.269 e. The Morgan fingerprint density at radius 3 is 2.83 bits per heavy atom. The average molecular weight is 552 g/mol. The number of benzene rings is 3. The van der Waals surface area contributed by atoms with Gasteiger partial charge in [0.05, 0.1) is 24.7 Å². The highest BCUT2D eigenvalue weighted by Gasteiger charge is 2.30. The average Bonchev–Trinajstić information content (AvgIpc) is 3.66. The molecule has 2 aliphatic heterocycles. The molecule has 1 unspecified atom stereocenters. The first-order valence-electron chi connectivity index (χ1n) is 13.2. The highest BCUT2D eigenvalue weighted by molar-refractivity contribution is 6.31. The molecule has 1 saturated heterocycles. The Balaban J connectivity index is 1.36. The summed E-state index contributed by atoms with van der Waals surface area (Å²) in [5.41, 5.74) is 13.4. The van der Waals surface area contributed by atoms with Crippen molar-refractivity contribution in [2.24, 2.45) is 5.73 Å². The van der Waals surface area contributed by atoms with Crippen LogP contribution in [0.15, 0.2) is 60.8 Å². The second-order valence-corrected chi connectivity index (χ2v) is 10.8. The van der Waals surface area contributed by atoms with Gasteiger partial charge in [-0.15, -0.1) is 0 Å². The summed E-state index contributed by atoms with van der Waals surface area (Å²) in [5.74, 6) is -0.681. The molecule has 3 aromatic carbocycles. The second-order valence-electron chi connectivity index (χ2n) is 10.4. The summed E-state index contributed by atoms with van der Waals surface area (Å²) in [4.78, 5) is 35.4. The van der Waals surface area contributed by atoms with Gasteiger partial charge in [0.25, 0.3) is 11.8 Å². The number of rotatable bonds is 5. The van der Waals surface area contributed by atoms with Crippen LogP contribution in [0.3, 0.4) is 0 Å². The predicted octanol–water partition coefficient (Wildman–Crippen LogP) is 5.81. The van der Waals surface area contributed by atoms with Crippen LogP contribution in [-0.2, 0) is 11.3 Å². The molecule has 1 fully saturated rings. The zero-order valence-corrected chi connectivity index (χ0v) is 22.5. The van der Waals surface area contributed by atoms with E-state index in [9.17, 15) is 9.59 Å². The molecule has 7 rings (SSSR count). The zero-order valence-electron chi connectivity index (χ0n) is 21.8. The molecule has 0 saturated carbocycles. The van der Waals surface area contributed by atoms with Crippen LogP contribution in [0.25, 0.3) is 32.9 Å². The van der Waals surface area contributed by atoms with E-state index in [2.05, 4.69) is 15.3 Å². The van der Waals surface area contributed by atoms with Crippen LogP contribution in [0.1, 0.15) is 38.4 Å². The molecule has 1 atom stereocenters. The Bertz CT molecular complexity index is 1860. The highest BCUT2D eigenvalue weighted by Crippen LogP contribution is 2.41. The van der Waals surface area contributed by atoms with Gasteiger partial charge in [0.15, 0.2) is 5.69 Å². The molecule has 8 nitrogen and oxygen atoms in total. The maximum absolute atomic E-state index is 13.4. The summed E-state index contributed by atoms with van der Waals surface area (Å²) in [6, 6.07) is 17.7. The Kier molecular flexibility index (Phi) is 5.76. The smallest absolute Gasteiger partial charge is 0.269 e. The summed E-state index contributed by atoms with van der Waals surface area (Å²) in [5, 5.41) is 5.87. The first-order valence-corrected chi connectivity index (χ1v) is 13.6. The molecule has 2 amide bonds. The van der Waals surface area contributed by atoms with Gasteiger partial charge in [-0.3, -0.25) is 9.59 Å². The number of ether oxygens (including phenoxy) is 1. The number of nitrogens with zero attached hydrogens (tertiary/aromatic N) is 2. The fraction of sp³-hybridized carbons (Fsp3) is 0.194. The Morgan fingerprint density at radius 2 is 2.02 bits per heavy atom. The number of hydrogen-bond donors (Lipinski definition) is 3. The van der Waals surface area contributed by atoms with Gasteiger partial charge in [0.2, 0.25) is 0 Å². The van der Waals surface area contributed by atoms with Crippen LogP contribution >= 0.6 is 11.6 Å². The van der Waals surface area contributed by atoms with E-state index in [1.54, 1.807) is 17.2 Å². The number of nitrogens with one attached hydrogen (secondary N) is 2. The summed E-state index contributed by atoms with van der Waals surface area (Å²) in [6.07, 6.45) is 2.65. The van der Waals surface area contributed by atoms with Gasteiger partial charge in [0, 0.05) is 56.6 Å². The van der Waals surface area contributed by atoms with E-state index in [0.717, 1.165) is 62.9 Å². The third kappa shape index (κ3) is 3.91. The number of aromatic amines is 1. The number of pyridine rings is 1. The SMILES string of the molecule is Cc1c(-c2cnc(C(N)=O)c3[nH]c4cc(NC5CCOC5)ccc4c23)cccc1N1Cc2ccc(Cl)cc2C1=O. The molecule has 0 bridgehead atoms. The van der Waals surface area contributed by atoms with Gasteiger partial charge in [-0.05, 0) is 60.4 Å². The summed E-state index contributed by atoms with van der Waals surface area (Å²) in [6.45, 7) is 3.91. The number of H-pyrrole nitrogens is 1. The van der Waals surface area contributed by atoms with Crippen LogP contribution in [0, 0.1) is 6.92 Å². The lowest BCUT2D eigenvalue weighted by Gasteiger charge is -2.21. The quantitative estimate of drug-likeness (QED) is 0.255. The molecule has 0 radical (unpaired) electrons. The Morgan fingerprint density at radius 1 is 1.15 bits per heavy atom. The third-order valence-electron chi connectivity index (χ3n) is 7.92. The van der Waals surface area contributed by atoms with Crippen molar-refractivity contribution < 1.29 is 14.3 Å². The number of amides is 2. The van der Waals surface area contributed by atoms with Crippen LogP contribution in [0.2, 0.25) is 5.02 Å². The molecule has 4 heterocycles. The molecule has 200 valence electrons. The van der Waals surface area contributed by atoms with Crippen molar-refractivity contribution in [2.45, 2.75) is 25.9 Å². The second kappa shape index (κ2) is 9.36. The monoisotopic (exact) mass is 551 g/mol. The minimum absolute atomic E-state index is 0.0788. The lowest BCUT2D eigenvalue weighted by molar-refractivity contribution is 0.0988. The summed E-state index contributed by atoms with van der Waals surface area (Å²) < 4.78 is 5.50. The molecule has 2 aliphatic rings. The van der Waals surface area contributed by atoms with Gasteiger partial charge in [0.1, 0.15) is 0 Å². The minimum atomic E-state index is -0.603. The number of halogens is 1. The summed E-state index contributed by atoms with van der Waals surface area (Å²) in [7, 11) is 0. The fourth-order valence-electron chi connectivity index (χ4n) is 5.95. The van der Waals surface area contributed by atoms with Crippen LogP contribution in [0.5, 0.6) is 0 Å². The molecular weight excluding hydrogens is 526 g/mol. The number of anilines is 2. The van der Waals surface area contributed by atoms with E-state index in [1.165, 1.54) is 0 Å². The lowest BCUT2D eigenvalue weighted by atomic mass is 9.95. The molecule has 0 aliphatic carbocycles. The first-order chi connectivity index (χ1) is 19.4. The number of primary amides is 1. The van der Waals surface area contributed by atoms with Crippen LogP contribution < -0.4 is 16.0 Å². The van der Waals surface area contributed by atoms with Gasteiger partial charge >= 0.3 is 0 Å². The normalized spacial score (nSPS) is 16.7. The number of fused-ring (bicyclic) bond motifs is 4. The predicted molar refractivity (Wildman–Crippen MR) is 157 cm³/mol. The van der Waals surface area contributed by atoms with Crippen molar-refractivity contribution in [1.29, 1.82) is 0 Å². The van der Waals surface area contributed by atoms with E-state index >= 15 is 0 Å². The number of aromatic nitrogens is 2. The van der Waals surface area contributed by atoms with E-state index in [1.807, 2.05) is 55.5 Å². The molecule has 40 heavy (non-hydrogen) atoms. The van der Waals surface area contributed by atoms with Crippen molar-refractivity contribution in [3.63, 3.8) is 0 Å². The molecule has 9 heteroatoms. The molecule has 0 spiro atoms. The van der Waals surface area contributed by atoms with E-state index < -0.39 is 5.91 Å². The van der Waals surface area contributed by atoms with E-state index in [0.29, 0.717) is 29.3 Å². The minimum Gasteiger partial charge on any atom is -0.380 e. The van der Waals surface area contributed by atoms with Gasteiger partial charge in [-0.25, -0.2) is 4.98 Å². The standard InChI is InChI=1S/C31H26ClN5O3/c1-16-21(3-2-4-26(16)37-14-17-5-6-18(32)11-23(17)31(37)39)24-13-34-29(30(33)38)28-27(24)22-8-7-19(12-25(22)36-28)35-20-9-10-40-15-20/h2-8,11-13,20,35-36H,9-10,14-15H2,1H3,(H2,33,38). The molecule has 4 N–H and O–H groups in total. The lowest BCUT2D eigenvalue weighted by Crippen LogP contribution is -2.24. The zero-order chi connectivity index (χ0) is 27.5. The van der Waals surface area contributed by atoms with Crippen LogP contribution in [-0.4, -0.2) is 41.0 Å². The van der Waals surface area contributed by atoms with Crippen molar-refractivity contribution in [3.8, 4) is 11.1 Å². The topological polar surface area (TPSA) is 113 Å². The number of hydrogen-bond acceptors (Lipinski definition) is 5. The Labute approximate surface area is 235 Å². The molecular formula is C31H26ClN5O3. The molecule has 5 aromatic rings. The van der Waals surface area contributed by atoms with Crippen molar-refractivity contribution in [3.05, 3.63) is 88.2 Å².